The van der Waals surface area contributed by atoms with E-state index in [4.69, 9.17) is 17.0 Å². The first kappa shape index (κ1) is 24.5. The molecule has 174 valence electrons. The summed E-state index contributed by atoms with van der Waals surface area (Å²) in [6, 6.07) is 14.5. The van der Waals surface area contributed by atoms with Crippen LogP contribution in [0.3, 0.4) is 0 Å². The van der Waals surface area contributed by atoms with Crippen LogP contribution in [0.15, 0.2) is 59.8 Å². The summed E-state index contributed by atoms with van der Waals surface area (Å²) in [4.78, 5) is 27.5. The summed E-state index contributed by atoms with van der Waals surface area (Å²) in [5.41, 5.74) is 4.41. The monoisotopic (exact) mass is 465 g/mol. The predicted octanol–water partition coefficient (Wildman–Crippen LogP) is 4.97. The molecule has 2 N–H and O–H groups in total. The third kappa shape index (κ3) is 5.60. The quantitative estimate of drug-likeness (QED) is 0.444. The van der Waals surface area contributed by atoms with Crippen LogP contribution >= 0.6 is 12.2 Å². The van der Waals surface area contributed by atoms with Gasteiger partial charge in [-0.25, -0.2) is 4.79 Å². The summed E-state index contributed by atoms with van der Waals surface area (Å²) in [6.45, 7) is 10.8. The number of aryl methyl sites for hydroxylation is 1. The third-order valence-corrected chi connectivity index (χ3v) is 5.91. The first-order valence-electron chi connectivity index (χ1n) is 11.2. The number of nitrogens with zero attached hydrogens (tertiary/aromatic N) is 1. The van der Waals surface area contributed by atoms with Crippen LogP contribution in [-0.4, -0.2) is 35.0 Å². The van der Waals surface area contributed by atoms with E-state index in [-0.39, 0.29) is 17.8 Å². The first-order chi connectivity index (χ1) is 15.7. The van der Waals surface area contributed by atoms with Crippen molar-refractivity contribution in [3.8, 4) is 0 Å². The number of amides is 1. The highest BCUT2D eigenvalue weighted by molar-refractivity contribution is 7.80. The van der Waals surface area contributed by atoms with Crippen molar-refractivity contribution in [1.29, 1.82) is 0 Å². The summed E-state index contributed by atoms with van der Waals surface area (Å²) in [5, 5.41) is 6.79. The van der Waals surface area contributed by atoms with Crippen molar-refractivity contribution in [3.05, 3.63) is 76.5 Å². The van der Waals surface area contributed by atoms with E-state index >= 15 is 0 Å². The Labute approximate surface area is 201 Å². The van der Waals surface area contributed by atoms with Crippen molar-refractivity contribution >= 4 is 34.9 Å². The second-order valence-electron chi connectivity index (χ2n) is 8.51. The Balaban J connectivity index is 1.86. The Hall–Kier alpha value is -3.19. The molecule has 7 heteroatoms. The fourth-order valence-electron chi connectivity index (χ4n) is 3.78. The van der Waals surface area contributed by atoms with E-state index in [0.717, 1.165) is 16.8 Å². The van der Waals surface area contributed by atoms with Gasteiger partial charge in [0.1, 0.15) is 0 Å². The summed E-state index contributed by atoms with van der Waals surface area (Å²) in [6.07, 6.45) is 0. The Morgan fingerprint density at radius 3 is 2.39 bits per heavy atom. The zero-order chi connectivity index (χ0) is 24.1. The second-order valence-corrected chi connectivity index (χ2v) is 8.90. The van der Waals surface area contributed by atoms with Gasteiger partial charge in [-0.3, -0.25) is 4.79 Å². The molecule has 1 heterocycles. The van der Waals surface area contributed by atoms with Crippen LogP contribution in [0.25, 0.3) is 0 Å². The van der Waals surface area contributed by atoms with Crippen molar-refractivity contribution < 1.29 is 14.3 Å². The molecule has 33 heavy (non-hydrogen) atoms. The lowest BCUT2D eigenvalue weighted by Crippen LogP contribution is -2.47. The SMILES string of the molecule is CCN1C(=S)NC(c2ccc(NC(=O)c3ccccc3C)cc2)C(C(=O)OCC(C)C)=C1C. The lowest BCUT2D eigenvalue weighted by Gasteiger charge is -2.37. The number of ether oxygens (including phenoxy) is 1. The van der Waals surface area contributed by atoms with E-state index in [9.17, 15) is 9.59 Å². The molecule has 0 aliphatic carbocycles. The number of thiocarbonyl (C=S) groups is 1. The molecule has 0 fully saturated rings. The number of esters is 1. The van der Waals surface area contributed by atoms with Gasteiger partial charge in [-0.05, 0) is 68.2 Å². The number of carbonyl (C=O) groups excluding carboxylic acids is 2. The van der Waals surface area contributed by atoms with Gasteiger partial charge in [0.15, 0.2) is 5.11 Å². The van der Waals surface area contributed by atoms with Gasteiger partial charge in [0.05, 0.1) is 18.2 Å². The molecular weight excluding hydrogens is 434 g/mol. The average Bonchev–Trinajstić information content (AvgIpc) is 2.78. The summed E-state index contributed by atoms with van der Waals surface area (Å²) >= 11 is 5.55. The Bertz CT molecular complexity index is 1080. The third-order valence-electron chi connectivity index (χ3n) is 5.57. The number of benzene rings is 2. The van der Waals surface area contributed by atoms with Crippen LogP contribution in [0.2, 0.25) is 0 Å². The standard InChI is InChI=1S/C26H31N3O3S/c1-6-29-18(5)22(25(31)32-15-16(2)3)23(28-26(29)33)19-11-13-20(14-12-19)27-24(30)21-10-8-7-9-17(21)4/h7-14,16,23H,6,15H2,1-5H3,(H,27,30)(H,28,33). The largest absolute Gasteiger partial charge is 0.462 e. The van der Waals surface area contributed by atoms with Crippen LogP contribution in [-0.2, 0) is 9.53 Å². The topological polar surface area (TPSA) is 70.7 Å². The van der Waals surface area contributed by atoms with E-state index in [0.29, 0.717) is 35.1 Å². The van der Waals surface area contributed by atoms with Crippen LogP contribution < -0.4 is 10.6 Å². The number of carbonyl (C=O) groups is 2. The highest BCUT2D eigenvalue weighted by Gasteiger charge is 2.34. The molecule has 1 amide bonds. The predicted molar refractivity (Wildman–Crippen MR) is 135 cm³/mol. The summed E-state index contributed by atoms with van der Waals surface area (Å²) in [5.74, 6) is -0.272. The lowest BCUT2D eigenvalue weighted by molar-refractivity contribution is -0.140. The van der Waals surface area contributed by atoms with E-state index in [1.807, 2.05) is 82.0 Å². The maximum absolute atomic E-state index is 13.0. The van der Waals surface area contributed by atoms with E-state index in [1.165, 1.54) is 0 Å². The van der Waals surface area contributed by atoms with Gasteiger partial charge in [-0.15, -0.1) is 0 Å². The number of hydrogen-bond acceptors (Lipinski definition) is 4. The lowest BCUT2D eigenvalue weighted by atomic mass is 9.94. The van der Waals surface area contributed by atoms with Crippen molar-refractivity contribution in [2.75, 3.05) is 18.5 Å². The fourth-order valence-corrected chi connectivity index (χ4v) is 4.17. The number of nitrogens with one attached hydrogen (secondary N) is 2. The first-order valence-corrected chi connectivity index (χ1v) is 11.6. The van der Waals surface area contributed by atoms with Crippen molar-refractivity contribution in [3.63, 3.8) is 0 Å². The summed E-state index contributed by atoms with van der Waals surface area (Å²) < 4.78 is 5.57. The van der Waals surface area contributed by atoms with Gasteiger partial charge < -0.3 is 20.3 Å². The normalized spacial score (nSPS) is 16.0. The van der Waals surface area contributed by atoms with Crippen LogP contribution in [0.1, 0.15) is 55.2 Å². The van der Waals surface area contributed by atoms with Gasteiger partial charge in [-0.2, -0.15) is 0 Å². The molecule has 1 aliphatic heterocycles. The van der Waals surface area contributed by atoms with Gasteiger partial charge in [0.2, 0.25) is 0 Å². The number of anilines is 1. The van der Waals surface area contributed by atoms with E-state index < -0.39 is 6.04 Å². The molecule has 1 unspecified atom stereocenters. The molecule has 0 bridgehead atoms. The minimum absolute atomic E-state index is 0.162. The minimum Gasteiger partial charge on any atom is -0.462 e. The van der Waals surface area contributed by atoms with Crippen LogP contribution in [0, 0.1) is 12.8 Å². The molecule has 6 nitrogen and oxygen atoms in total. The van der Waals surface area contributed by atoms with Crippen LogP contribution in [0.4, 0.5) is 5.69 Å². The van der Waals surface area contributed by atoms with Crippen molar-refractivity contribution in [2.45, 2.75) is 40.7 Å². The van der Waals surface area contributed by atoms with Gasteiger partial charge in [0.25, 0.3) is 5.91 Å². The van der Waals surface area contributed by atoms with E-state index in [1.54, 1.807) is 6.07 Å². The summed E-state index contributed by atoms with van der Waals surface area (Å²) in [7, 11) is 0. The molecule has 1 aliphatic rings. The van der Waals surface area contributed by atoms with Gasteiger partial charge in [0, 0.05) is 23.5 Å². The molecule has 0 aromatic heterocycles. The Morgan fingerprint density at radius 2 is 1.79 bits per heavy atom. The smallest absolute Gasteiger partial charge is 0.338 e. The number of allylic oxidation sites excluding steroid dienone is 1. The van der Waals surface area contributed by atoms with Crippen LogP contribution in [0.5, 0.6) is 0 Å². The molecule has 0 saturated heterocycles. The van der Waals surface area contributed by atoms with Gasteiger partial charge >= 0.3 is 5.97 Å². The van der Waals surface area contributed by atoms with E-state index in [2.05, 4.69) is 10.6 Å². The molecule has 1 atom stereocenters. The maximum atomic E-state index is 13.0. The number of hydrogen-bond donors (Lipinski definition) is 2. The van der Waals surface area contributed by atoms with Crippen molar-refractivity contribution in [2.24, 2.45) is 5.92 Å². The highest BCUT2D eigenvalue weighted by atomic mass is 32.1. The fraction of sp³-hybridized carbons (Fsp3) is 0.346. The molecule has 0 saturated carbocycles. The maximum Gasteiger partial charge on any atom is 0.338 e. The average molecular weight is 466 g/mol. The Kier molecular flexibility index (Phi) is 7.87. The molecule has 2 aromatic carbocycles. The zero-order valence-corrected chi connectivity index (χ0v) is 20.6. The highest BCUT2D eigenvalue weighted by Crippen LogP contribution is 2.32. The molecule has 0 radical (unpaired) electrons. The molecule has 0 spiro atoms. The second kappa shape index (κ2) is 10.6. The van der Waals surface area contributed by atoms with Crippen molar-refractivity contribution in [1.82, 2.24) is 10.2 Å². The number of rotatable bonds is 7. The molecule has 3 rings (SSSR count). The zero-order valence-electron chi connectivity index (χ0n) is 19.8. The van der Waals surface area contributed by atoms with Gasteiger partial charge in [-0.1, -0.05) is 44.2 Å². The molecule has 2 aromatic rings. The Morgan fingerprint density at radius 1 is 1.12 bits per heavy atom. The molecular formula is C26H31N3O3S. The minimum atomic E-state index is -0.430.